The predicted octanol–water partition coefficient (Wildman–Crippen LogP) is 4.04. The number of nitrogens with zero attached hydrogens (tertiary/aromatic N) is 2. The third-order valence-corrected chi connectivity index (χ3v) is 2.87. The van der Waals surface area contributed by atoms with Gasteiger partial charge in [0.05, 0.1) is 16.2 Å². The zero-order chi connectivity index (χ0) is 13.1. The van der Waals surface area contributed by atoms with Gasteiger partial charge in [-0.15, -0.1) is 0 Å². The van der Waals surface area contributed by atoms with Crippen molar-refractivity contribution in [2.24, 2.45) is 0 Å². The predicted molar refractivity (Wildman–Crippen MR) is 72.4 cm³/mol. The van der Waals surface area contributed by atoms with Crippen molar-refractivity contribution in [2.75, 3.05) is 5.32 Å². The van der Waals surface area contributed by atoms with Gasteiger partial charge in [-0.3, -0.25) is 0 Å². The summed E-state index contributed by atoms with van der Waals surface area (Å²) in [5, 5.41) is 7.11. The van der Waals surface area contributed by atoms with Gasteiger partial charge in [-0.25, -0.2) is 9.07 Å². The molecule has 0 spiro atoms. The maximum absolute atomic E-state index is 13.2. The average molecular weight is 286 g/mol. The van der Waals surface area contributed by atoms with Crippen molar-refractivity contribution < 1.29 is 4.39 Å². The molecule has 0 saturated carbocycles. The van der Waals surface area contributed by atoms with Crippen molar-refractivity contribution in [1.29, 1.82) is 0 Å². The summed E-state index contributed by atoms with van der Waals surface area (Å²) in [5.41, 5.74) is 1.62. The SMILES string of the molecule is C=Cn1cc(CNc2cc(Cl)c(F)c(Cl)c2)cn1. The normalized spacial score (nSPS) is 10.4. The van der Waals surface area contributed by atoms with Crippen LogP contribution in [0.1, 0.15) is 5.56 Å². The molecule has 1 N–H and O–H groups in total. The molecule has 0 aliphatic carbocycles. The second-order valence-corrected chi connectivity index (χ2v) is 4.43. The highest BCUT2D eigenvalue weighted by Gasteiger charge is 2.07. The van der Waals surface area contributed by atoms with Crippen molar-refractivity contribution in [1.82, 2.24) is 9.78 Å². The fourth-order valence-corrected chi connectivity index (χ4v) is 1.92. The van der Waals surface area contributed by atoms with E-state index in [4.69, 9.17) is 23.2 Å². The van der Waals surface area contributed by atoms with Gasteiger partial charge in [0.15, 0.2) is 5.82 Å². The minimum Gasteiger partial charge on any atom is -0.381 e. The Morgan fingerprint density at radius 1 is 1.39 bits per heavy atom. The molecule has 2 aromatic rings. The lowest BCUT2D eigenvalue weighted by molar-refractivity contribution is 0.629. The first-order chi connectivity index (χ1) is 8.60. The number of rotatable bonds is 4. The Kier molecular flexibility index (Phi) is 3.89. The first-order valence-corrected chi connectivity index (χ1v) is 5.89. The van der Waals surface area contributed by atoms with E-state index >= 15 is 0 Å². The van der Waals surface area contributed by atoms with E-state index < -0.39 is 5.82 Å². The van der Waals surface area contributed by atoms with Gasteiger partial charge < -0.3 is 5.32 Å². The van der Waals surface area contributed by atoms with E-state index in [2.05, 4.69) is 17.0 Å². The van der Waals surface area contributed by atoms with Crippen LogP contribution in [0.3, 0.4) is 0 Å². The van der Waals surface area contributed by atoms with E-state index in [-0.39, 0.29) is 10.0 Å². The van der Waals surface area contributed by atoms with E-state index in [1.807, 2.05) is 6.20 Å². The lowest BCUT2D eigenvalue weighted by Gasteiger charge is -2.06. The largest absolute Gasteiger partial charge is 0.381 e. The molecule has 0 bridgehead atoms. The molecule has 2 rings (SSSR count). The van der Waals surface area contributed by atoms with Crippen molar-refractivity contribution >= 4 is 35.1 Å². The Morgan fingerprint density at radius 3 is 2.61 bits per heavy atom. The van der Waals surface area contributed by atoms with Gasteiger partial charge in [-0.2, -0.15) is 5.10 Å². The van der Waals surface area contributed by atoms with E-state index in [1.165, 1.54) is 12.1 Å². The molecule has 0 amide bonds. The molecule has 0 unspecified atom stereocenters. The molecule has 94 valence electrons. The van der Waals surface area contributed by atoms with Crippen LogP contribution in [-0.2, 0) is 6.54 Å². The summed E-state index contributed by atoms with van der Waals surface area (Å²) in [5.74, 6) is -0.608. The average Bonchev–Trinajstić information content (AvgIpc) is 2.81. The summed E-state index contributed by atoms with van der Waals surface area (Å²) in [6.45, 7) is 4.13. The van der Waals surface area contributed by atoms with Crippen LogP contribution in [0.5, 0.6) is 0 Å². The molecule has 0 radical (unpaired) electrons. The first-order valence-electron chi connectivity index (χ1n) is 5.14. The monoisotopic (exact) mass is 285 g/mol. The van der Waals surface area contributed by atoms with Crippen LogP contribution < -0.4 is 5.32 Å². The summed E-state index contributed by atoms with van der Waals surface area (Å²) in [4.78, 5) is 0. The smallest absolute Gasteiger partial charge is 0.160 e. The molecule has 0 aliphatic rings. The zero-order valence-electron chi connectivity index (χ0n) is 9.33. The van der Waals surface area contributed by atoms with Crippen LogP contribution in [-0.4, -0.2) is 9.78 Å². The van der Waals surface area contributed by atoms with Crippen LogP contribution in [0.25, 0.3) is 6.20 Å². The Labute approximate surface area is 114 Å². The fraction of sp³-hybridized carbons (Fsp3) is 0.0833. The van der Waals surface area contributed by atoms with Gasteiger partial charge in [-0.05, 0) is 12.1 Å². The van der Waals surface area contributed by atoms with Crippen molar-refractivity contribution in [3.8, 4) is 0 Å². The Balaban J connectivity index is 2.08. The fourth-order valence-electron chi connectivity index (χ4n) is 1.43. The number of anilines is 1. The minimum atomic E-state index is -0.608. The van der Waals surface area contributed by atoms with Gasteiger partial charge in [0, 0.05) is 30.2 Å². The molecule has 0 saturated heterocycles. The zero-order valence-corrected chi connectivity index (χ0v) is 10.8. The lowest BCUT2D eigenvalue weighted by atomic mass is 10.3. The van der Waals surface area contributed by atoms with Crippen LogP contribution in [0.2, 0.25) is 10.0 Å². The maximum Gasteiger partial charge on any atom is 0.160 e. The van der Waals surface area contributed by atoms with Crippen LogP contribution in [0.15, 0.2) is 31.1 Å². The van der Waals surface area contributed by atoms with Gasteiger partial charge in [0.1, 0.15) is 0 Å². The molecule has 18 heavy (non-hydrogen) atoms. The van der Waals surface area contributed by atoms with Gasteiger partial charge in [0.2, 0.25) is 0 Å². The number of halogens is 3. The number of aromatic nitrogens is 2. The third kappa shape index (κ3) is 2.83. The molecule has 0 atom stereocenters. The topological polar surface area (TPSA) is 29.9 Å². The lowest BCUT2D eigenvalue weighted by Crippen LogP contribution is -1.99. The summed E-state index contributed by atoms with van der Waals surface area (Å²) >= 11 is 11.4. The molecule has 3 nitrogen and oxygen atoms in total. The first kappa shape index (κ1) is 12.9. The summed E-state index contributed by atoms with van der Waals surface area (Å²) in [7, 11) is 0. The minimum absolute atomic E-state index is 0.00760. The molecule has 1 heterocycles. The number of hydrogen-bond acceptors (Lipinski definition) is 2. The van der Waals surface area contributed by atoms with Crippen LogP contribution in [0, 0.1) is 5.82 Å². The molecular weight excluding hydrogens is 276 g/mol. The van der Waals surface area contributed by atoms with Gasteiger partial charge in [0.25, 0.3) is 0 Å². The van der Waals surface area contributed by atoms with Crippen molar-refractivity contribution in [3.63, 3.8) is 0 Å². The van der Waals surface area contributed by atoms with Crippen molar-refractivity contribution in [3.05, 3.63) is 52.5 Å². The Bertz CT molecular complexity index is 557. The maximum atomic E-state index is 13.2. The molecule has 1 aromatic heterocycles. The molecular formula is C12H10Cl2FN3. The summed E-state index contributed by atoms with van der Waals surface area (Å²) in [6.07, 6.45) is 5.13. The second kappa shape index (κ2) is 5.42. The van der Waals surface area contributed by atoms with Gasteiger partial charge >= 0.3 is 0 Å². The van der Waals surface area contributed by atoms with Crippen LogP contribution in [0.4, 0.5) is 10.1 Å². The second-order valence-electron chi connectivity index (χ2n) is 3.62. The number of hydrogen-bond donors (Lipinski definition) is 1. The summed E-state index contributed by atoms with van der Waals surface area (Å²) < 4.78 is 14.8. The number of benzene rings is 1. The third-order valence-electron chi connectivity index (χ3n) is 2.32. The highest BCUT2D eigenvalue weighted by Crippen LogP contribution is 2.27. The Hall–Kier alpha value is -1.52. The quantitative estimate of drug-likeness (QED) is 0.859. The highest BCUT2D eigenvalue weighted by atomic mass is 35.5. The standard InChI is InChI=1S/C12H10Cl2FN3/c1-2-18-7-8(6-17-18)5-16-9-3-10(13)12(15)11(14)4-9/h2-4,6-7,16H,1,5H2. The summed E-state index contributed by atoms with van der Waals surface area (Å²) in [6, 6.07) is 2.97. The number of nitrogens with one attached hydrogen (secondary N) is 1. The van der Waals surface area contributed by atoms with Gasteiger partial charge in [-0.1, -0.05) is 29.8 Å². The van der Waals surface area contributed by atoms with E-state index in [9.17, 15) is 4.39 Å². The molecule has 0 aliphatic heterocycles. The molecule has 6 heteroatoms. The van der Waals surface area contributed by atoms with Crippen molar-refractivity contribution in [2.45, 2.75) is 6.54 Å². The van der Waals surface area contributed by atoms with Crippen LogP contribution >= 0.6 is 23.2 Å². The molecule has 0 fully saturated rings. The highest BCUT2D eigenvalue weighted by molar-refractivity contribution is 6.35. The Morgan fingerprint density at radius 2 is 2.06 bits per heavy atom. The van der Waals surface area contributed by atoms with E-state index in [1.54, 1.807) is 17.1 Å². The van der Waals surface area contributed by atoms with E-state index in [0.29, 0.717) is 12.2 Å². The molecule has 1 aromatic carbocycles. The van der Waals surface area contributed by atoms with E-state index in [0.717, 1.165) is 5.56 Å².